The standard InChI is InChI=1S/C34H35FN6O2S/c1-39-21-30(20-37-39)44(2,43)41(28-12-13-28)29-9-6-25-15-32-24(19-38-40(32)27-10-7-26(35)8-11-27)16-34(25,17-29)33(42)31-14-5-23(18-36-31)22-3-4-22/h5,7-8,10-11,14-15,18-22,28-29H,2-4,6,9,12-13,16-17H2,1H3/t29-,34-,44?/m0/s1. The number of ketones is 1. The van der Waals surface area contributed by atoms with Crippen LogP contribution >= 0.6 is 0 Å². The monoisotopic (exact) mass is 610 g/mol. The molecule has 3 heterocycles. The predicted octanol–water partition coefficient (Wildman–Crippen LogP) is 5.53. The maximum atomic E-state index is 14.8. The molecule has 0 bridgehead atoms. The molecular weight excluding hydrogens is 575 g/mol. The minimum Gasteiger partial charge on any atom is -0.291 e. The fourth-order valence-corrected chi connectivity index (χ4v) is 9.45. The van der Waals surface area contributed by atoms with Gasteiger partial charge in [-0.05, 0) is 111 Å². The molecule has 1 aromatic carbocycles. The predicted molar refractivity (Wildman–Crippen MR) is 167 cm³/mol. The van der Waals surface area contributed by atoms with Crippen molar-refractivity contribution in [3.8, 4) is 5.69 Å². The Bertz CT molecular complexity index is 1900. The number of fused-ring (bicyclic) bond motifs is 2. The highest BCUT2D eigenvalue weighted by molar-refractivity contribution is 7.98. The van der Waals surface area contributed by atoms with Gasteiger partial charge < -0.3 is 0 Å². The average molecular weight is 611 g/mol. The molecule has 4 aliphatic carbocycles. The normalized spacial score (nSPS) is 24.3. The van der Waals surface area contributed by atoms with Gasteiger partial charge in [0.25, 0.3) is 0 Å². The van der Waals surface area contributed by atoms with Crippen molar-refractivity contribution < 1.29 is 13.4 Å². The number of pyridine rings is 1. The number of Topliss-reactive ketones (excluding diaryl/α,β-unsaturated/α-hetero) is 1. The van der Waals surface area contributed by atoms with E-state index in [1.165, 1.54) is 30.5 Å². The number of carbonyl (C=O) groups is 1. The topological polar surface area (TPSA) is 85.9 Å². The van der Waals surface area contributed by atoms with Gasteiger partial charge in [0.15, 0.2) is 5.78 Å². The van der Waals surface area contributed by atoms with Crippen LogP contribution in [0.4, 0.5) is 4.39 Å². The molecule has 3 fully saturated rings. The van der Waals surface area contributed by atoms with Crippen molar-refractivity contribution in [2.45, 2.75) is 74.3 Å². The molecule has 0 amide bonds. The van der Waals surface area contributed by atoms with Crippen LogP contribution in [0, 0.1) is 11.2 Å². The molecule has 4 aromatic rings. The summed E-state index contributed by atoms with van der Waals surface area (Å²) in [6.07, 6.45) is 16.0. The van der Waals surface area contributed by atoms with Gasteiger partial charge in [-0.1, -0.05) is 11.6 Å². The highest BCUT2D eigenvalue weighted by Gasteiger charge is 2.53. The van der Waals surface area contributed by atoms with Crippen molar-refractivity contribution in [1.29, 1.82) is 0 Å². The Balaban J connectivity index is 1.21. The van der Waals surface area contributed by atoms with Crippen LogP contribution in [0.3, 0.4) is 0 Å². The summed E-state index contributed by atoms with van der Waals surface area (Å²) in [5, 5.41) is 8.97. The maximum Gasteiger partial charge on any atom is 0.191 e. The SMILES string of the molecule is C=S(=O)(c1cnn(C)c1)N(C1CC1)[C@H]1CCC2=Cc3c(cnn3-c3ccc(F)cc3)C[C@]2(C(=O)c2ccc(C3CC3)cn2)C1. The Kier molecular flexibility index (Phi) is 6.33. The summed E-state index contributed by atoms with van der Waals surface area (Å²) in [6, 6.07) is 10.3. The molecule has 0 radical (unpaired) electrons. The summed E-state index contributed by atoms with van der Waals surface area (Å²) < 4.78 is 33.8. The van der Waals surface area contributed by atoms with E-state index in [1.54, 1.807) is 29.2 Å². The van der Waals surface area contributed by atoms with E-state index < -0.39 is 15.1 Å². The third-order valence-corrected chi connectivity index (χ3v) is 12.1. The summed E-state index contributed by atoms with van der Waals surface area (Å²) in [5.41, 5.74) is 4.51. The van der Waals surface area contributed by atoms with Crippen LogP contribution in [-0.4, -0.2) is 56.8 Å². The summed E-state index contributed by atoms with van der Waals surface area (Å²) in [5.74, 6) is 4.54. The van der Waals surface area contributed by atoms with Crippen molar-refractivity contribution in [2.75, 3.05) is 0 Å². The Hall–Kier alpha value is -3.89. The zero-order chi connectivity index (χ0) is 30.2. The third kappa shape index (κ3) is 4.57. The Morgan fingerprint density at radius 1 is 1.02 bits per heavy atom. The molecule has 0 spiro atoms. The second kappa shape index (κ2) is 10.1. The first kappa shape index (κ1) is 27.6. The smallest absolute Gasteiger partial charge is 0.191 e. The van der Waals surface area contributed by atoms with E-state index in [2.05, 4.69) is 32.5 Å². The zero-order valence-electron chi connectivity index (χ0n) is 24.7. The Labute approximate surface area is 256 Å². The van der Waals surface area contributed by atoms with Gasteiger partial charge in [-0.3, -0.25) is 14.5 Å². The molecule has 0 aliphatic heterocycles. The Morgan fingerprint density at radius 2 is 1.82 bits per heavy atom. The lowest BCUT2D eigenvalue weighted by molar-refractivity contribution is 0.0736. The molecule has 1 unspecified atom stereocenters. The number of nitrogens with zero attached hydrogens (tertiary/aromatic N) is 6. The van der Waals surface area contributed by atoms with Crippen LogP contribution in [0.1, 0.15) is 78.2 Å². The van der Waals surface area contributed by atoms with Crippen LogP contribution in [0.25, 0.3) is 11.8 Å². The fourth-order valence-electron chi connectivity index (χ4n) is 7.33. The van der Waals surface area contributed by atoms with Crippen molar-refractivity contribution in [3.05, 3.63) is 95.1 Å². The summed E-state index contributed by atoms with van der Waals surface area (Å²) in [6.45, 7) is 0. The average Bonchev–Trinajstić information content (AvgIpc) is 3.96. The number of allylic oxidation sites excluding steroid dienone is 1. The largest absolute Gasteiger partial charge is 0.291 e. The van der Waals surface area contributed by atoms with E-state index >= 15 is 0 Å². The summed E-state index contributed by atoms with van der Waals surface area (Å²) in [7, 11) is -1.00. The van der Waals surface area contributed by atoms with Crippen molar-refractivity contribution >= 4 is 27.4 Å². The molecule has 3 saturated carbocycles. The highest BCUT2D eigenvalue weighted by atomic mass is 32.2. The Morgan fingerprint density at radius 3 is 2.48 bits per heavy atom. The molecule has 8 rings (SSSR count). The van der Waals surface area contributed by atoms with E-state index in [0.717, 1.165) is 41.8 Å². The fraction of sp³-hybridized carbons (Fsp3) is 0.382. The maximum absolute atomic E-state index is 14.8. The molecule has 44 heavy (non-hydrogen) atoms. The lowest BCUT2D eigenvalue weighted by Gasteiger charge is -2.47. The van der Waals surface area contributed by atoms with E-state index in [4.69, 9.17) is 4.98 Å². The van der Waals surface area contributed by atoms with E-state index in [-0.39, 0.29) is 23.7 Å². The van der Waals surface area contributed by atoms with Gasteiger partial charge in [0, 0.05) is 31.5 Å². The number of hydrogen-bond donors (Lipinski definition) is 0. The number of rotatable bonds is 8. The van der Waals surface area contributed by atoms with Crippen molar-refractivity contribution in [1.82, 2.24) is 28.9 Å². The molecular formula is C34H35FN6O2S. The molecule has 3 aromatic heterocycles. The summed E-state index contributed by atoms with van der Waals surface area (Å²) >= 11 is 0. The van der Waals surface area contributed by atoms with Gasteiger partial charge in [0.2, 0.25) is 0 Å². The summed E-state index contributed by atoms with van der Waals surface area (Å²) in [4.78, 5) is 20.1. The van der Waals surface area contributed by atoms with Crippen molar-refractivity contribution in [2.24, 2.45) is 12.5 Å². The van der Waals surface area contributed by atoms with Crippen LogP contribution in [-0.2, 0) is 23.2 Å². The number of carbonyl (C=O) groups excluding carboxylic acids is 1. The van der Waals surface area contributed by atoms with Crippen LogP contribution in [0.5, 0.6) is 0 Å². The van der Waals surface area contributed by atoms with E-state index in [1.807, 2.05) is 30.2 Å². The van der Waals surface area contributed by atoms with Crippen LogP contribution < -0.4 is 0 Å². The van der Waals surface area contributed by atoms with Crippen LogP contribution in [0.2, 0.25) is 0 Å². The minimum atomic E-state index is -2.82. The van der Waals surface area contributed by atoms with Gasteiger partial charge >= 0.3 is 0 Å². The molecule has 4 aliphatic rings. The minimum absolute atomic E-state index is 0.00339. The quantitative estimate of drug-likeness (QED) is 0.193. The van der Waals surface area contributed by atoms with Crippen LogP contribution in [0.15, 0.2) is 71.7 Å². The number of hydrogen-bond acceptors (Lipinski definition) is 5. The molecule has 0 N–H and O–H groups in total. The molecule has 0 saturated heterocycles. The van der Waals surface area contributed by atoms with Crippen molar-refractivity contribution in [3.63, 3.8) is 0 Å². The van der Waals surface area contributed by atoms with E-state index in [9.17, 15) is 13.4 Å². The lowest BCUT2D eigenvalue weighted by atomic mass is 9.60. The number of aryl methyl sites for hydroxylation is 1. The number of aromatic nitrogens is 5. The van der Waals surface area contributed by atoms with Gasteiger partial charge in [-0.15, -0.1) is 0 Å². The zero-order valence-corrected chi connectivity index (χ0v) is 25.5. The first-order chi connectivity index (χ1) is 21.2. The highest BCUT2D eigenvalue weighted by Crippen LogP contribution is 2.53. The third-order valence-electron chi connectivity index (χ3n) is 9.87. The van der Waals surface area contributed by atoms with Gasteiger partial charge in [-0.25, -0.2) is 17.6 Å². The van der Waals surface area contributed by atoms with E-state index in [0.29, 0.717) is 35.8 Å². The molecule has 8 nitrogen and oxygen atoms in total. The second-order valence-corrected chi connectivity index (χ2v) is 15.1. The van der Waals surface area contributed by atoms with Gasteiger partial charge in [0.1, 0.15) is 11.5 Å². The molecule has 226 valence electrons. The number of benzene rings is 1. The first-order valence-electron chi connectivity index (χ1n) is 15.4. The molecule has 10 heteroatoms. The molecule has 3 atom stereocenters. The first-order valence-corrected chi connectivity index (χ1v) is 17.1. The second-order valence-electron chi connectivity index (χ2n) is 12.9. The lowest BCUT2D eigenvalue weighted by Crippen LogP contribution is -2.51. The van der Waals surface area contributed by atoms with Gasteiger partial charge in [0.05, 0.1) is 43.8 Å². The van der Waals surface area contributed by atoms with Gasteiger partial charge in [-0.2, -0.15) is 10.2 Å². The number of halogens is 1.